The van der Waals surface area contributed by atoms with Crippen molar-refractivity contribution in [1.29, 1.82) is 0 Å². The molecular formula is C16H31N3O2. The van der Waals surface area contributed by atoms with Gasteiger partial charge in [0, 0.05) is 13.1 Å². The lowest BCUT2D eigenvalue weighted by Gasteiger charge is -2.37. The molecule has 0 bridgehead atoms. The Hall–Kier alpha value is -1.10. The molecule has 1 heterocycles. The van der Waals surface area contributed by atoms with Crippen molar-refractivity contribution < 1.29 is 9.59 Å². The van der Waals surface area contributed by atoms with E-state index in [1.165, 1.54) is 0 Å². The monoisotopic (exact) mass is 297 g/mol. The minimum Gasteiger partial charge on any atom is -0.344 e. The summed E-state index contributed by atoms with van der Waals surface area (Å²) in [5, 5.41) is 6.28. The Morgan fingerprint density at radius 3 is 2.24 bits per heavy atom. The average molecular weight is 297 g/mol. The molecule has 0 radical (unpaired) electrons. The van der Waals surface area contributed by atoms with Crippen molar-refractivity contribution in [2.45, 2.75) is 59.4 Å². The summed E-state index contributed by atoms with van der Waals surface area (Å²) in [7, 11) is 0. The number of piperidine rings is 1. The fourth-order valence-corrected chi connectivity index (χ4v) is 3.20. The molecule has 122 valence electrons. The van der Waals surface area contributed by atoms with Crippen molar-refractivity contribution in [2.24, 2.45) is 5.41 Å². The molecule has 5 nitrogen and oxygen atoms in total. The van der Waals surface area contributed by atoms with Gasteiger partial charge in [0.1, 0.15) is 6.04 Å². The van der Waals surface area contributed by atoms with Crippen LogP contribution in [0.1, 0.15) is 53.4 Å². The number of nitrogens with one attached hydrogen (secondary N) is 2. The third kappa shape index (κ3) is 4.43. The van der Waals surface area contributed by atoms with Crippen LogP contribution in [0.25, 0.3) is 0 Å². The minimum atomic E-state index is -0.444. The second-order valence-corrected chi connectivity index (χ2v) is 5.99. The maximum Gasteiger partial charge on any atom is 0.244 e. The summed E-state index contributed by atoms with van der Waals surface area (Å²) in [5.41, 5.74) is -0.294. The zero-order chi connectivity index (χ0) is 15.9. The fraction of sp³-hybridized carbons (Fsp3) is 0.875. The van der Waals surface area contributed by atoms with Gasteiger partial charge in [0.15, 0.2) is 0 Å². The summed E-state index contributed by atoms with van der Waals surface area (Å²) in [6.45, 7) is 10.9. The highest BCUT2D eigenvalue weighted by Gasteiger charge is 2.39. The average Bonchev–Trinajstić information content (AvgIpc) is 2.49. The van der Waals surface area contributed by atoms with Crippen molar-refractivity contribution in [1.82, 2.24) is 15.5 Å². The van der Waals surface area contributed by atoms with E-state index in [2.05, 4.69) is 17.6 Å². The highest BCUT2D eigenvalue weighted by molar-refractivity contribution is 5.90. The van der Waals surface area contributed by atoms with Gasteiger partial charge >= 0.3 is 0 Å². The first kappa shape index (κ1) is 18.0. The minimum absolute atomic E-state index is 0.00827. The van der Waals surface area contributed by atoms with Crippen molar-refractivity contribution in [3.05, 3.63) is 0 Å². The Balaban J connectivity index is 2.70. The van der Waals surface area contributed by atoms with Gasteiger partial charge < -0.3 is 15.5 Å². The highest BCUT2D eigenvalue weighted by atomic mass is 16.2. The van der Waals surface area contributed by atoms with E-state index < -0.39 is 6.04 Å². The number of hydrogen-bond acceptors (Lipinski definition) is 3. The van der Waals surface area contributed by atoms with E-state index in [1.807, 2.05) is 13.8 Å². The molecule has 0 aromatic rings. The molecule has 0 aromatic heterocycles. The molecule has 1 unspecified atom stereocenters. The molecule has 1 saturated heterocycles. The smallest absolute Gasteiger partial charge is 0.244 e. The second-order valence-electron chi connectivity index (χ2n) is 5.99. The third-order valence-corrected chi connectivity index (χ3v) is 4.56. The van der Waals surface area contributed by atoms with Crippen LogP contribution < -0.4 is 10.6 Å². The lowest BCUT2D eigenvalue weighted by molar-refractivity contribution is -0.140. The number of nitrogens with zero attached hydrogens (tertiary/aromatic N) is 1. The van der Waals surface area contributed by atoms with Gasteiger partial charge in [-0.25, -0.2) is 0 Å². The van der Waals surface area contributed by atoms with Crippen molar-refractivity contribution in [3.8, 4) is 0 Å². The summed E-state index contributed by atoms with van der Waals surface area (Å²) in [5.74, 6) is 0.0628. The molecule has 0 spiro atoms. The number of hydrogen-bond donors (Lipinski definition) is 2. The molecule has 5 heteroatoms. The van der Waals surface area contributed by atoms with E-state index in [4.69, 9.17) is 0 Å². The van der Waals surface area contributed by atoms with Gasteiger partial charge in [-0.2, -0.15) is 0 Å². The maximum absolute atomic E-state index is 12.7. The number of carbonyl (C=O) groups is 2. The van der Waals surface area contributed by atoms with Gasteiger partial charge in [0.05, 0.1) is 5.41 Å². The number of amides is 2. The Morgan fingerprint density at radius 2 is 1.76 bits per heavy atom. The molecule has 0 saturated carbocycles. The highest BCUT2D eigenvalue weighted by Crippen LogP contribution is 2.34. The Morgan fingerprint density at radius 1 is 1.19 bits per heavy atom. The molecule has 21 heavy (non-hydrogen) atoms. The van der Waals surface area contributed by atoms with E-state index in [1.54, 1.807) is 11.8 Å². The first-order chi connectivity index (χ1) is 10.0. The normalized spacial score (nSPS) is 18.9. The largest absolute Gasteiger partial charge is 0.344 e. The van der Waals surface area contributed by atoms with Crippen LogP contribution in [0.4, 0.5) is 0 Å². The first-order valence-corrected chi connectivity index (χ1v) is 8.31. The van der Waals surface area contributed by atoms with Crippen molar-refractivity contribution >= 4 is 11.8 Å². The van der Waals surface area contributed by atoms with Gasteiger partial charge in [-0.3, -0.25) is 9.59 Å². The number of carbonyl (C=O) groups excluding carboxylic acids is 2. The molecule has 1 rings (SSSR count). The predicted octanol–water partition coefficient (Wildman–Crippen LogP) is 1.53. The van der Waals surface area contributed by atoms with E-state index in [0.29, 0.717) is 13.1 Å². The molecule has 1 aliphatic heterocycles. The lowest BCUT2D eigenvalue weighted by Crippen LogP contribution is -2.53. The van der Waals surface area contributed by atoms with Crippen LogP contribution in [-0.4, -0.2) is 48.9 Å². The van der Waals surface area contributed by atoms with Gasteiger partial charge in [-0.1, -0.05) is 13.3 Å². The van der Waals surface area contributed by atoms with Crippen LogP contribution >= 0.6 is 0 Å². The maximum atomic E-state index is 12.7. The zero-order valence-electron chi connectivity index (χ0n) is 14.0. The molecule has 1 fully saturated rings. The Bertz CT molecular complexity index is 342. The topological polar surface area (TPSA) is 61.4 Å². The van der Waals surface area contributed by atoms with Crippen LogP contribution in [0.15, 0.2) is 0 Å². The molecule has 0 aliphatic carbocycles. The second kappa shape index (κ2) is 8.37. The number of likely N-dealkylation sites (N-methyl/N-ethyl adjacent to an activating group) is 1. The summed E-state index contributed by atoms with van der Waals surface area (Å²) in [6, 6.07) is -0.444. The molecule has 2 amide bonds. The van der Waals surface area contributed by atoms with Gasteiger partial charge in [-0.15, -0.1) is 0 Å². The summed E-state index contributed by atoms with van der Waals surface area (Å²) < 4.78 is 0. The molecule has 2 N–H and O–H groups in total. The third-order valence-electron chi connectivity index (χ3n) is 4.56. The first-order valence-electron chi connectivity index (χ1n) is 8.31. The van der Waals surface area contributed by atoms with Crippen LogP contribution in [-0.2, 0) is 9.59 Å². The van der Waals surface area contributed by atoms with Crippen LogP contribution in [0.3, 0.4) is 0 Å². The Kier molecular flexibility index (Phi) is 7.15. The van der Waals surface area contributed by atoms with Gasteiger partial charge in [-0.05, 0) is 53.1 Å². The summed E-state index contributed by atoms with van der Waals surface area (Å²) in [6.07, 6.45) is 3.61. The summed E-state index contributed by atoms with van der Waals surface area (Å²) >= 11 is 0. The van der Waals surface area contributed by atoms with Crippen LogP contribution in [0, 0.1) is 5.41 Å². The van der Waals surface area contributed by atoms with Crippen molar-refractivity contribution in [2.75, 3.05) is 26.2 Å². The fourth-order valence-electron chi connectivity index (χ4n) is 3.20. The van der Waals surface area contributed by atoms with Gasteiger partial charge in [0.2, 0.25) is 11.8 Å². The Labute approximate surface area is 128 Å². The predicted molar refractivity (Wildman–Crippen MR) is 85.0 cm³/mol. The van der Waals surface area contributed by atoms with E-state index in [0.717, 1.165) is 38.8 Å². The standard InChI is InChI=1S/C16H31N3O2/c1-5-8-16(9-11-17-12-10-16)15(21)18-13(4)14(20)19(6-2)7-3/h13,17H,5-12H2,1-4H3,(H,18,21). The molecule has 1 aliphatic rings. The molecule has 0 aromatic carbocycles. The van der Waals surface area contributed by atoms with Crippen LogP contribution in [0.5, 0.6) is 0 Å². The molecule has 1 atom stereocenters. The van der Waals surface area contributed by atoms with Gasteiger partial charge in [0.25, 0.3) is 0 Å². The SMILES string of the molecule is CCCC1(C(=O)NC(C)C(=O)N(CC)CC)CCNCC1. The zero-order valence-corrected chi connectivity index (χ0v) is 14.0. The molecular weight excluding hydrogens is 266 g/mol. The number of rotatable bonds is 7. The van der Waals surface area contributed by atoms with Crippen molar-refractivity contribution in [3.63, 3.8) is 0 Å². The van der Waals surface area contributed by atoms with E-state index in [-0.39, 0.29) is 17.2 Å². The van der Waals surface area contributed by atoms with Crippen LogP contribution in [0.2, 0.25) is 0 Å². The van der Waals surface area contributed by atoms with E-state index in [9.17, 15) is 9.59 Å². The summed E-state index contributed by atoms with van der Waals surface area (Å²) in [4.78, 5) is 26.8. The van der Waals surface area contributed by atoms with E-state index >= 15 is 0 Å². The quantitative estimate of drug-likeness (QED) is 0.749. The lowest BCUT2D eigenvalue weighted by atomic mass is 9.74.